The van der Waals surface area contributed by atoms with Crippen LogP contribution in [-0.4, -0.2) is 44.9 Å². The van der Waals surface area contributed by atoms with Gasteiger partial charge < -0.3 is 15.4 Å². The van der Waals surface area contributed by atoms with E-state index in [0.717, 1.165) is 10.2 Å². The number of amides is 2. The molecule has 0 aliphatic rings. The molecule has 4 aromatic rings. The molecule has 0 bridgehead atoms. The predicted molar refractivity (Wildman–Crippen MR) is 148 cm³/mol. The fraction of sp³-hybridized carbons (Fsp3) is 0.148. The van der Waals surface area contributed by atoms with E-state index in [4.69, 9.17) is 4.74 Å². The zero-order valence-electron chi connectivity index (χ0n) is 20.4. The first-order chi connectivity index (χ1) is 18.4. The molecule has 0 aliphatic heterocycles. The summed E-state index contributed by atoms with van der Waals surface area (Å²) >= 11 is 4.66. The van der Waals surface area contributed by atoms with Crippen LogP contribution in [0.4, 0.5) is 5.69 Å². The average Bonchev–Trinajstić information content (AvgIpc) is 3.34. The molecule has 2 N–H and O–H groups in total. The number of nitrogens with one attached hydrogen (secondary N) is 2. The maximum Gasteiger partial charge on any atom is 0.338 e. The smallest absolute Gasteiger partial charge is 0.338 e. The van der Waals surface area contributed by atoms with Gasteiger partial charge in [-0.25, -0.2) is 4.79 Å². The van der Waals surface area contributed by atoms with E-state index in [0.29, 0.717) is 34.4 Å². The van der Waals surface area contributed by atoms with Crippen LogP contribution in [0.15, 0.2) is 88.5 Å². The summed E-state index contributed by atoms with van der Waals surface area (Å²) in [7, 11) is 0. The minimum absolute atomic E-state index is 0.0741. The molecule has 9 nitrogen and oxygen atoms in total. The molecule has 0 saturated heterocycles. The zero-order valence-corrected chi connectivity index (χ0v) is 22.8. The van der Waals surface area contributed by atoms with Crippen LogP contribution in [0.5, 0.6) is 0 Å². The third-order valence-corrected chi connectivity index (χ3v) is 6.70. The zero-order chi connectivity index (χ0) is 26.9. The molecule has 0 aliphatic carbocycles. The molecule has 4 rings (SSSR count). The van der Waals surface area contributed by atoms with E-state index in [2.05, 4.69) is 36.8 Å². The first-order valence-corrected chi connectivity index (χ1v) is 13.5. The Morgan fingerprint density at radius 3 is 2.32 bits per heavy atom. The molecule has 194 valence electrons. The third kappa shape index (κ3) is 7.08. The van der Waals surface area contributed by atoms with Crippen molar-refractivity contribution >= 4 is 51.2 Å². The number of anilines is 1. The molecule has 38 heavy (non-hydrogen) atoms. The Balaban J connectivity index is 1.44. The lowest BCUT2D eigenvalue weighted by atomic mass is 10.2. The molecule has 0 spiro atoms. The van der Waals surface area contributed by atoms with Crippen LogP contribution in [0.2, 0.25) is 0 Å². The number of ether oxygens (including phenoxy) is 1. The molecular formula is C27H24BrN5O4S. The normalized spacial score (nSPS) is 10.6. The lowest BCUT2D eigenvalue weighted by Gasteiger charge is -2.11. The Bertz CT molecular complexity index is 1410. The van der Waals surface area contributed by atoms with Gasteiger partial charge >= 0.3 is 5.97 Å². The highest BCUT2D eigenvalue weighted by molar-refractivity contribution is 9.10. The second-order valence-electron chi connectivity index (χ2n) is 7.89. The number of halogens is 1. The number of esters is 1. The quantitative estimate of drug-likeness (QED) is 0.199. The number of thioether (sulfide) groups is 1. The van der Waals surface area contributed by atoms with E-state index in [1.807, 2.05) is 34.9 Å². The van der Waals surface area contributed by atoms with Crippen molar-refractivity contribution in [3.63, 3.8) is 0 Å². The fourth-order valence-electron chi connectivity index (χ4n) is 3.44. The lowest BCUT2D eigenvalue weighted by molar-refractivity contribution is -0.113. The van der Waals surface area contributed by atoms with Gasteiger partial charge in [-0.2, -0.15) is 0 Å². The summed E-state index contributed by atoms with van der Waals surface area (Å²) in [5, 5.41) is 14.7. The lowest BCUT2D eigenvalue weighted by Crippen LogP contribution is -2.24. The number of rotatable bonds is 10. The van der Waals surface area contributed by atoms with E-state index in [9.17, 15) is 14.4 Å². The van der Waals surface area contributed by atoms with Crippen molar-refractivity contribution in [2.24, 2.45) is 0 Å². The Kier molecular flexibility index (Phi) is 9.28. The van der Waals surface area contributed by atoms with Crippen molar-refractivity contribution in [3.8, 4) is 5.69 Å². The topological polar surface area (TPSA) is 115 Å². The molecule has 1 aromatic heterocycles. The van der Waals surface area contributed by atoms with Gasteiger partial charge in [0, 0.05) is 21.4 Å². The molecule has 11 heteroatoms. The first-order valence-electron chi connectivity index (χ1n) is 11.7. The highest BCUT2D eigenvalue weighted by Gasteiger charge is 2.17. The Morgan fingerprint density at radius 2 is 1.63 bits per heavy atom. The summed E-state index contributed by atoms with van der Waals surface area (Å²) < 4.78 is 7.70. The number of nitrogens with zero attached hydrogens (tertiary/aromatic N) is 3. The van der Waals surface area contributed by atoms with Gasteiger partial charge in [-0.05, 0) is 67.6 Å². The van der Waals surface area contributed by atoms with E-state index in [-0.39, 0.29) is 24.1 Å². The number of aromatic nitrogens is 3. The summed E-state index contributed by atoms with van der Waals surface area (Å²) in [5.41, 5.74) is 2.31. The van der Waals surface area contributed by atoms with Crippen molar-refractivity contribution in [2.45, 2.75) is 18.6 Å². The fourth-order valence-corrected chi connectivity index (χ4v) is 4.48. The summed E-state index contributed by atoms with van der Waals surface area (Å²) in [5.74, 6) is -0.287. The molecule has 2 amide bonds. The number of carbonyl (C=O) groups excluding carboxylic acids is 3. The number of hydrogen-bond acceptors (Lipinski definition) is 7. The molecule has 0 radical (unpaired) electrons. The molecule has 1 heterocycles. The van der Waals surface area contributed by atoms with Crippen LogP contribution in [0, 0.1) is 0 Å². The van der Waals surface area contributed by atoms with Crippen LogP contribution in [-0.2, 0) is 16.1 Å². The Hall–Kier alpha value is -3.96. The highest BCUT2D eigenvalue weighted by atomic mass is 79.9. The van der Waals surface area contributed by atoms with Crippen molar-refractivity contribution in [1.82, 2.24) is 20.1 Å². The monoisotopic (exact) mass is 593 g/mol. The van der Waals surface area contributed by atoms with E-state index in [1.54, 1.807) is 55.5 Å². The van der Waals surface area contributed by atoms with Gasteiger partial charge in [-0.1, -0.05) is 45.9 Å². The van der Waals surface area contributed by atoms with E-state index >= 15 is 0 Å². The van der Waals surface area contributed by atoms with Gasteiger partial charge in [0.15, 0.2) is 11.0 Å². The molecule has 0 unspecified atom stereocenters. The summed E-state index contributed by atoms with van der Waals surface area (Å²) in [6, 6.07) is 23.0. The third-order valence-electron chi connectivity index (χ3n) is 5.24. The van der Waals surface area contributed by atoms with Gasteiger partial charge in [0.1, 0.15) is 0 Å². The van der Waals surface area contributed by atoms with E-state index < -0.39 is 5.97 Å². The van der Waals surface area contributed by atoms with Gasteiger partial charge in [-0.15, -0.1) is 10.2 Å². The van der Waals surface area contributed by atoms with Crippen molar-refractivity contribution in [2.75, 3.05) is 17.7 Å². The van der Waals surface area contributed by atoms with Gasteiger partial charge in [0.25, 0.3) is 5.91 Å². The van der Waals surface area contributed by atoms with Crippen LogP contribution in [0.3, 0.4) is 0 Å². The SMILES string of the molecule is CCOC(=O)c1ccc(NC(=O)CSc2nnc(CNC(=O)c3ccccc3)n2-c2ccc(Br)cc2)cc1. The summed E-state index contributed by atoms with van der Waals surface area (Å²) in [6.07, 6.45) is 0. The average molecular weight is 594 g/mol. The van der Waals surface area contributed by atoms with Crippen LogP contribution in [0.1, 0.15) is 33.5 Å². The molecule has 0 fully saturated rings. The van der Waals surface area contributed by atoms with Crippen LogP contribution in [0.25, 0.3) is 5.69 Å². The van der Waals surface area contributed by atoms with Crippen LogP contribution >= 0.6 is 27.7 Å². The Labute approximate surface area is 232 Å². The summed E-state index contributed by atoms with van der Waals surface area (Å²) in [6.45, 7) is 2.18. The summed E-state index contributed by atoms with van der Waals surface area (Å²) in [4.78, 5) is 37.0. The predicted octanol–water partition coefficient (Wildman–Crippen LogP) is 4.87. The highest BCUT2D eigenvalue weighted by Crippen LogP contribution is 2.24. The maximum absolute atomic E-state index is 12.6. The van der Waals surface area contributed by atoms with E-state index in [1.165, 1.54) is 11.8 Å². The van der Waals surface area contributed by atoms with Gasteiger partial charge in [0.2, 0.25) is 5.91 Å². The first kappa shape index (κ1) is 27.1. The minimum atomic E-state index is -0.413. The second kappa shape index (κ2) is 13.0. The minimum Gasteiger partial charge on any atom is -0.462 e. The number of carbonyl (C=O) groups is 3. The van der Waals surface area contributed by atoms with Gasteiger partial charge in [0.05, 0.1) is 24.5 Å². The Morgan fingerprint density at radius 1 is 0.921 bits per heavy atom. The second-order valence-corrected chi connectivity index (χ2v) is 9.75. The number of hydrogen-bond donors (Lipinski definition) is 2. The van der Waals surface area contributed by atoms with Gasteiger partial charge in [-0.3, -0.25) is 14.2 Å². The van der Waals surface area contributed by atoms with Crippen molar-refractivity contribution < 1.29 is 19.1 Å². The number of benzene rings is 3. The van der Waals surface area contributed by atoms with Crippen molar-refractivity contribution in [1.29, 1.82) is 0 Å². The largest absolute Gasteiger partial charge is 0.462 e. The maximum atomic E-state index is 12.6. The molecule has 3 aromatic carbocycles. The van der Waals surface area contributed by atoms with Crippen LogP contribution < -0.4 is 10.6 Å². The molecule has 0 atom stereocenters. The molecular weight excluding hydrogens is 570 g/mol. The molecule has 0 saturated carbocycles. The van der Waals surface area contributed by atoms with Crippen molar-refractivity contribution in [3.05, 3.63) is 100 Å². The standard InChI is InChI=1S/C27H24BrN5O4S/c1-2-37-26(36)19-8-12-21(13-9-19)30-24(34)17-38-27-32-31-23(33(27)22-14-10-20(28)11-15-22)16-29-25(35)18-6-4-3-5-7-18/h3-15H,2,16-17H2,1H3,(H,29,35)(H,30,34).